The maximum atomic E-state index is 12.7. The number of sulfonamides is 1. The fraction of sp³-hybridized carbons (Fsp3) is 0.571. The van der Waals surface area contributed by atoms with Gasteiger partial charge in [-0.05, 0) is 43.9 Å². The first-order chi connectivity index (χ1) is 9.05. The molecule has 19 heavy (non-hydrogen) atoms. The summed E-state index contributed by atoms with van der Waals surface area (Å²) in [6.45, 7) is 2.57. The van der Waals surface area contributed by atoms with Gasteiger partial charge in [0.05, 0.1) is 4.90 Å². The number of alkyl halides is 1. The van der Waals surface area contributed by atoms with Crippen molar-refractivity contribution in [3.63, 3.8) is 0 Å². The Balaban J connectivity index is 2.31. The molecule has 1 aliphatic heterocycles. The minimum Gasteiger partial charge on any atom is -0.207 e. The first-order valence-electron chi connectivity index (χ1n) is 6.70. The van der Waals surface area contributed by atoms with Crippen LogP contribution in [0.4, 0.5) is 0 Å². The summed E-state index contributed by atoms with van der Waals surface area (Å²) >= 11 is 3.43. The highest BCUT2D eigenvalue weighted by Gasteiger charge is 2.32. The van der Waals surface area contributed by atoms with Crippen LogP contribution in [0.25, 0.3) is 0 Å². The van der Waals surface area contributed by atoms with Gasteiger partial charge in [-0.2, -0.15) is 4.31 Å². The fourth-order valence-electron chi connectivity index (χ4n) is 2.62. The molecule has 1 aromatic carbocycles. The molecular formula is C14H20BrNO2S. The summed E-state index contributed by atoms with van der Waals surface area (Å²) in [5, 5.41) is 0.845. The van der Waals surface area contributed by atoms with Crippen LogP contribution in [0.3, 0.4) is 0 Å². The summed E-state index contributed by atoms with van der Waals surface area (Å²) in [4.78, 5) is 0.425. The average Bonchev–Trinajstić information content (AvgIpc) is 2.39. The normalized spacial score (nSPS) is 21.5. The third-order valence-corrected chi connectivity index (χ3v) is 6.02. The van der Waals surface area contributed by atoms with Crippen LogP contribution >= 0.6 is 15.9 Å². The summed E-state index contributed by atoms with van der Waals surface area (Å²) in [6, 6.07) is 7.33. The Morgan fingerprint density at radius 3 is 2.84 bits per heavy atom. The van der Waals surface area contributed by atoms with E-state index in [2.05, 4.69) is 15.9 Å². The van der Waals surface area contributed by atoms with Crippen molar-refractivity contribution in [1.29, 1.82) is 0 Å². The van der Waals surface area contributed by atoms with Gasteiger partial charge >= 0.3 is 0 Å². The van der Waals surface area contributed by atoms with Gasteiger partial charge in [0, 0.05) is 17.9 Å². The van der Waals surface area contributed by atoms with Gasteiger partial charge in [0.25, 0.3) is 0 Å². The fourth-order valence-corrected chi connectivity index (χ4v) is 4.97. The zero-order valence-corrected chi connectivity index (χ0v) is 13.6. The van der Waals surface area contributed by atoms with Crippen molar-refractivity contribution >= 4 is 26.0 Å². The maximum Gasteiger partial charge on any atom is 0.243 e. The molecule has 0 radical (unpaired) electrons. The van der Waals surface area contributed by atoms with Gasteiger partial charge in [-0.1, -0.05) is 34.5 Å². The van der Waals surface area contributed by atoms with Crippen LogP contribution in [-0.2, 0) is 10.0 Å². The molecule has 1 aromatic rings. The molecule has 2 rings (SSSR count). The number of hydrogen-bond acceptors (Lipinski definition) is 2. The Labute approximate surface area is 124 Å². The van der Waals surface area contributed by atoms with Crippen molar-refractivity contribution in [3.05, 3.63) is 29.8 Å². The van der Waals surface area contributed by atoms with Crippen LogP contribution in [0.15, 0.2) is 29.2 Å². The number of benzene rings is 1. The molecule has 1 saturated heterocycles. The molecule has 0 saturated carbocycles. The van der Waals surface area contributed by atoms with E-state index in [4.69, 9.17) is 0 Å². The van der Waals surface area contributed by atoms with E-state index >= 15 is 0 Å². The van der Waals surface area contributed by atoms with E-state index in [1.54, 1.807) is 16.4 Å². The summed E-state index contributed by atoms with van der Waals surface area (Å²) in [7, 11) is -3.34. The molecule has 0 aromatic heterocycles. The van der Waals surface area contributed by atoms with Crippen LogP contribution in [0.1, 0.15) is 31.2 Å². The second-order valence-corrected chi connectivity index (χ2v) is 7.74. The average molecular weight is 346 g/mol. The third kappa shape index (κ3) is 3.38. The summed E-state index contributed by atoms with van der Waals surface area (Å²) in [6.07, 6.45) is 3.93. The van der Waals surface area contributed by atoms with Gasteiger partial charge in [-0.15, -0.1) is 0 Å². The minimum absolute atomic E-state index is 0.138. The molecule has 0 amide bonds. The zero-order chi connectivity index (χ0) is 13.9. The molecule has 1 fully saturated rings. The summed E-state index contributed by atoms with van der Waals surface area (Å²) < 4.78 is 27.2. The molecule has 0 spiro atoms. The van der Waals surface area contributed by atoms with Crippen molar-refractivity contribution in [1.82, 2.24) is 4.31 Å². The highest BCUT2D eigenvalue weighted by molar-refractivity contribution is 9.09. The lowest BCUT2D eigenvalue weighted by molar-refractivity contribution is 0.248. The highest BCUT2D eigenvalue weighted by Crippen LogP contribution is 2.27. The standard InChI is InChI=1S/C14H20BrNO2S/c1-12-5-4-7-14(11-12)19(17,18)16-10-3-2-6-13(16)8-9-15/h4-5,7,11,13H,2-3,6,8-10H2,1H3. The van der Waals surface area contributed by atoms with Crippen LogP contribution in [-0.4, -0.2) is 30.6 Å². The van der Waals surface area contributed by atoms with E-state index in [9.17, 15) is 8.42 Å². The molecule has 106 valence electrons. The smallest absolute Gasteiger partial charge is 0.207 e. The Hall–Kier alpha value is -0.390. The van der Waals surface area contributed by atoms with Crippen LogP contribution < -0.4 is 0 Å². The lowest BCUT2D eigenvalue weighted by Crippen LogP contribution is -2.43. The number of hydrogen-bond donors (Lipinski definition) is 0. The number of nitrogens with zero attached hydrogens (tertiary/aromatic N) is 1. The molecule has 5 heteroatoms. The number of aryl methyl sites for hydroxylation is 1. The van der Waals surface area contributed by atoms with Gasteiger partial charge in [0.2, 0.25) is 10.0 Å². The molecule has 1 atom stereocenters. The topological polar surface area (TPSA) is 37.4 Å². The SMILES string of the molecule is Cc1cccc(S(=O)(=O)N2CCCCC2CCBr)c1. The maximum absolute atomic E-state index is 12.7. The van der Waals surface area contributed by atoms with Crippen LogP contribution in [0, 0.1) is 6.92 Å². The molecule has 1 aliphatic rings. The van der Waals surface area contributed by atoms with Gasteiger partial charge < -0.3 is 0 Å². The molecule has 1 heterocycles. The van der Waals surface area contributed by atoms with Gasteiger partial charge in [0.1, 0.15) is 0 Å². The second-order valence-electron chi connectivity index (χ2n) is 5.06. The third-order valence-electron chi connectivity index (χ3n) is 3.61. The zero-order valence-electron chi connectivity index (χ0n) is 11.2. The predicted octanol–water partition coefficient (Wildman–Crippen LogP) is 3.32. The summed E-state index contributed by atoms with van der Waals surface area (Å²) in [5.74, 6) is 0. The minimum atomic E-state index is -3.34. The largest absolute Gasteiger partial charge is 0.243 e. The van der Waals surface area contributed by atoms with Crippen molar-refractivity contribution < 1.29 is 8.42 Å². The molecule has 0 bridgehead atoms. The van der Waals surface area contributed by atoms with Gasteiger partial charge in [-0.3, -0.25) is 0 Å². The molecule has 0 aliphatic carbocycles. The predicted molar refractivity (Wildman–Crippen MR) is 81.1 cm³/mol. The second kappa shape index (κ2) is 6.37. The molecule has 3 nitrogen and oxygen atoms in total. The Morgan fingerprint density at radius 2 is 2.16 bits per heavy atom. The van der Waals surface area contributed by atoms with E-state index in [0.29, 0.717) is 11.4 Å². The Morgan fingerprint density at radius 1 is 1.37 bits per heavy atom. The molecule has 1 unspecified atom stereocenters. The lowest BCUT2D eigenvalue weighted by Gasteiger charge is -2.34. The van der Waals surface area contributed by atoms with E-state index in [-0.39, 0.29) is 6.04 Å². The molecular weight excluding hydrogens is 326 g/mol. The first-order valence-corrected chi connectivity index (χ1v) is 9.26. The highest BCUT2D eigenvalue weighted by atomic mass is 79.9. The van der Waals surface area contributed by atoms with Crippen molar-refractivity contribution in [2.75, 3.05) is 11.9 Å². The van der Waals surface area contributed by atoms with Crippen molar-refractivity contribution in [2.24, 2.45) is 0 Å². The Kier molecular flexibility index (Phi) is 5.03. The lowest BCUT2D eigenvalue weighted by atomic mass is 10.0. The van der Waals surface area contributed by atoms with E-state index < -0.39 is 10.0 Å². The monoisotopic (exact) mass is 345 g/mol. The summed E-state index contributed by atoms with van der Waals surface area (Å²) in [5.41, 5.74) is 0.982. The Bertz CT molecular complexity index is 528. The number of rotatable bonds is 4. The van der Waals surface area contributed by atoms with Crippen molar-refractivity contribution in [3.8, 4) is 0 Å². The van der Waals surface area contributed by atoms with Gasteiger partial charge in [0.15, 0.2) is 0 Å². The van der Waals surface area contributed by atoms with Crippen molar-refractivity contribution in [2.45, 2.75) is 43.5 Å². The number of halogens is 1. The van der Waals surface area contributed by atoms with E-state index in [1.807, 2.05) is 19.1 Å². The first kappa shape index (κ1) is 15.0. The molecule has 0 N–H and O–H groups in total. The van der Waals surface area contributed by atoms with Gasteiger partial charge in [-0.25, -0.2) is 8.42 Å². The van der Waals surface area contributed by atoms with E-state index in [1.165, 1.54) is 0 Å². The number of piperidine rings is 1. The van der Waals surface area contributed by atoms with Crippen LogP contribution in [0.5, 0.6) is 0 Å². The van der Waals surface area contributed by atoms with E-state index in [0.717, 1.165) is 36.6 Å². The quantitative estimate of drug-likeness (QED) is 0.785. The van der Waals surface area contributed by atoms with Crippen LogP contribution in [0.2, 0.25) is 0 Å².